The van der Waals surface area contributed by atoms with E-state index in [1.165, 1.54) is 0 Å². The zero-order valence-corrected chi connectivity index (χ0v) is 7.25. The topological polar surface area (TPSA) is 0 Å². The number of hydrogen-bond donors (Lipinski definition) is 0. The Balaban J connectivity index is 3.14. The molecule has 0 nitrogen and oxygen atoms in total. The van der Waals surface area contributed by atoms with E-state index in [0.29, 0.717) is 4.82 Å². The van der Waals surface area contributed by atoms with Crippen LogP contribution in [0.1, 0.15) is 13.3 Å². The van der Waals surface area contributed by atoms with Gasteiger partial charge in [-0.05, 0) is 0 Å². The van der Waals surface area contributed by atoms with Gasteiger partial charge in [0.15, 0.2) is 0 Å². The Morgan fingerprint density at radius 2 is 2.00 bits per heavy atom. The molecule has 0 aromatic heterocycles. The summed E-state index contributed by atoms with van der Waals surface area (Å²) in [5.41, 5.74) is 0. The summed E-state index contributed by atoms with van der Waals surface area (Å²) in [5, 5.41) is 0. The van der Waals surface area contributed by atoms with Crippen molar-refractivity contribution in [1.29, 1.82) is 0 Å². The summed E-state index contributed by atoms with van der Waals surface area (Å²) < 4.78 is 0. The molecule has 0 aliphatic carbocycles. The van der Waals surface area contributed by atoms with Crippen LogP contribution in [0.2, 0.25) is 4.82 Å². The first-order valence-electron chi connectivity index (χ1n) is 2.12. The monoisotopic (exact) mass is 205 g/mol. The van der Waals surface area contributed by atoms with Crippen molar-refractivity contribution in [2.75, 3.05) is 0 Å². The standard InChI is InChI=1S/C4H7Cl2Se/c1-2-3(7)4(5)6/h3-4H,2H2,1H3. The predicted octanol–water partition coefficient (Wildman–Crippen LogP) is 2.16. The van der Waals surface area contributed by atoms with Crippen molar-refractivity contribution < 1.29 is 0 Å². The van der Waals surface area contributed by atoms with Crippen LogP contribution in [0.3, 0.4) is 0 Å². The summed E-state index contributed by atoms with van der Waals surface area (Å²) in [6.07, 6.45) is 0.998. The molecule has 7 heavy (non-hydrogen) atoms. The first-order valence-corrected chi connectivity index (χ1v) is 3.98. The Hall–Kier alpha value is 1.10. The first kappa shape index (κ1) is 8.10. The second-order valence-corrected chi connectivity index (χ2v) is 3.72. The molecule has 0 aromatic rings. The summed E-state index contributed by atoms with van der Waals surface area (Å²) in [4.78, 5) is 0.0633. The van der Waals surface area contributed by atoms with Crippen molar-refractivity contribution >= 4 is 39.2 Å². The van der Waals surface area contributed by atoms with E-state index in [2.05, 4.69) is 16.0 Å². The van der Waals surface area contributed by atoms with Crippen LogP contribution in [0, 0.1) is 0 Å². The van der Waals surface area contributed by atoms with Crippen LogP contribution < -0.4 is 0 Å². The molecular formula is C4H7Cl2Se. The predicted molar refractivity (Wildman–Crippen MR) is 35.3 cm³/mol. The van der Waals surface area contributed by atoms with Crippen molar-refractivity contribution in [3.8, 4) is 0 Å². The molecule has 0 amide bonds. The van der Waals surface area contributed by atoms with Gasteiger partial charge in [0.2, 0.25) is 0 Å². The summed E-state index contributed by atoms with van der Waals surface area (Å²) in [5.74, 6) is 0. The molecule has 43 valence electrons. The number of rotatable bonds is 2. The SMILES string of the molecule is CCC([Se])C(Cl)Cl. The molecule has 0 spiro atoms. The van der Waals surface area contributed by atoms with E-state index in [9.17, 15) is 0 Å². The second-order valence-electron chi connectivity index (χ2n) is 1.28. The number of alkyl halides is 2. The average Bonchev–Trinajstić information content (AvgIpc) is 1.65. The molecule has 0 rings (SSSR count). The number of halogens is 2. The van der Waals surface area contributed by atoms with Crippen molar-refractivity contribution in [3.63, 3.8) is 0 Å². The van der Waals surface area contributed by atoms with Crippen molar-refractivity contribution in [2.45, 2.75) is 23.0 Å². The molecule has 0 heterocycles. The van der Waals surface area contributed by atoms with Crippen LogP contribution in [0.15, 0.2) is 0 Å². The Labute approximate surface area is 62.4 Å². The normalized spacial score (nSPS) is 15.0. The molecule has 1 atom stereocenters. The van der Waals surface area contributed by atoms with Gasteiger partial charge in [-0.25, -0.2) is 0 Å². The van der Waals surface area contributed by atoms with Gasteiger partial charge in [-0.3, -0.25) is 0 Å². The van der Waals surface area contributed by atoms with E-state index < -0.39 is 0 Å². The fraction of sp³-hybridized carbons (Fsp3) is 1.00. The Kier molecular flexibility index (Phi) is 4.66. The van der Waals surface area contributed by atoms with E-state index >= 15 is 0 Å². The Morgan fingerprint density at radius 3 is 2.00 bits per heavy atom. The quantitative estimate of drug-likeness (QED) is 0.478. The molecule has 0 bridgehead atoms. The average molecular weight is 205 g/mol. The summed E-state index contributed by atoms with van der Waals surface area (Å²) in [6, 6.07) is 0. The third-order valence-corrected chi connectivity index (χ3v) is 3.24. The summed E-state index contributed by atoms with van der Waals surface area (Å²) in [7, 11) is 0. The van der Waals surface area contributed by atoms with Gasteiger partial charge in [0, 0.05) is 0 Å². The van der Waals surface area contributed by atoms with Crippen LogP contribution >= 0.6 is 23.2 Å². The maximum absolute atomic E-state index is 5.46. The molecular weight excluding hydrogens is 198 g/mol. The molecule has 0 aliphatic heterocycles. The zero-order valence-electron chi connectivity index (χ0n) is 4.03. The van der Waals surface area contributed by atoms with Crippen LogP contribution in [0.5, 0.6) is 0 Å². The van der Waals surface area contributed by atoms with Gasteiger partial charge >= 0.3 is 62.2 Å². The molecule has 0 saturated heterocycles. The fourth-order valence-corrected chi connectivity index (χ4v) is 0.535. The maximum atomic E-state index is 5.46. The molecule has 0 fully saturated rings. The van der Waals surface area contributed by atoms with Crippen molar-refractivity contribution in [3.05, 3.63) is 0 Å². The van der Waals surface area contributed by atoms with Crippen molar-refractivity contribution in [1.82, 2.24) is 0 Å². The fourth-order valence-electron chi connectivity index (χ4n) is 0.178. The van der Waals surface area contributed by atoms with Gasteiger partial charge in [0.05, 0.1) is 0 Å². The minimum absolute atomic E-state index is 0.245. The second kappa shape index (κ2) is 4.03. The number of hydrogen-bond acceptors (Lipinski definition) is 0. The molecule has 3 heteroatoms. The molecule has 0 saturated carbocycles. The zero-order chi connectivity index (χ0) is 5.86. The van der Waals surface area contributed by atoms with Gasteiger partial charge in [0.25, 0.3) is 0 Å². The van der Waals surface area contributed by atoms with Crippen molar-refractivity contribution in [2.24, 2.45) is 0 Å². The molecule has 1 radical (unpaired) electrons. The van der Waals surface area contributed by atoms with Gasteiger partial charge in [0.1, 0.15) is 0 Å². The van der Waals surface area contributed by atoms with Gasteiger partial charge in [-0.2, -0.15) is 0 Å². The third-order valence-electron chi connectivity index (χ3n) is 0.683. The molecule has 0 N–H and O–H groups in total. The van der Waals surface area contributed by atoms with E-state index in [1.807, 2.05) is 6.92 Å². The minimum atomic E-state index is -0.245. The molecule has 0 aliphatic rings. The van der Waals surface area contributed by atoms with E-state index in [0.717, 1.165) is 6.42 Å². The van der Waals surface area contributed by atoms with Crippen LogP contribution in [0.4, 0.5) is 0 Å². The van der Waals surface area contributed by atoms with E-state index in [4.69, 9.17) is 23.2 Å². The molecule has 0 aromatic carbocycles. The summed E-state index contributed by atoms with van der Waals surface area (Å²) >= 11 is 13.8. The molecule has 1 unspecified atom stereocenters. The van der Waals surface area contributed by atoms with Gasteiger partial charge in [-0.1, -0.05) is 0 Å². The Bertz CT molecular complexity index is 47.0. The van der Waals surface area contributed by atoms with Crippen LogP contribution in [-0.4, -0.2) is 20.8 Å². The third kappa shape index (κ3) is 3.66. The van der Waals surface area contributed by atoms with E-state index in [-0.39, 0.29) is 4.84 Å². The Morgan fingerprint density at radius 1 is 1.57 bits per heavy atom. The van der Waals surface area contributed by atoms with Crippen LogP contribution in [-0.2, 0) is 0 Å². The summed E-state index contributed by atoms with van der Waals surface area (Å²) in [6.45, 7) is 2.04. The van der Waals surface area contributed by atoms with Crippen LogP contribution in [0.25, 0.3) is 0 Å². The van der Waals surface area contributed by atoms with E-state index in [1.54, 1.807) is 0 Å². The van der Waals surface area contributed by atoms with Gasteiger partial charge in [-0.15, -0.1) is 0 Å². The first-order chi connectivity index (χ1) is 3.18. The van der Waals surface area contributed by atoms with Gasteiger partial charge < -0.3 is 0 Å².